The predicted molar refractivity (Wildman–Crippen MR) is 114 cm³/mol. The van der Waals surface area contributed by atoms with Crippen LogP contribution in [0.25, 0.3) is 4.85 Å². The van der Waals surface area contributed by atoms with Gasteiger partial charge in [0.2, 0.25) is 0 Å². The van der Waals surface area contributed by atoms with Gasteiger partial charge in [-0.05, 0) is 74.8 Å². The molecule has 1 N–H and O–H groups in total. The van der Waals surface area contributed by atoms with E-state index in [0.717, 1.165) is 9.80 Å². The lowest BCUT2D eigenvalue weighted by molar-refractivity contribution is -0.120. The van der Waals surface area contributed by atoms with Crippen molar-refractivity contribution < 1.29 is 21.9 Å². The summed E-state index contributed by atoms with van der Waals surface area (Å²) >= 11 is 5.50. The first kappa shape index (κ1) is 10.9. The van der Waals surface area contributed by atoms with Crippen LogP contribution in [0.1, 0.15) is 42.1 Å². The number of hydrogen-bond donors (Lipinski definition) is 1. The first-order valence-corrected chi connectivity index (χ1v) is 8.39. The molecule has 1 aliphatic rings. The maximum atomic E-state index is 13.5. The van der Waals surface area contributed by atoms with Crippen LogP contribution in [0.4, 0.5) is 17.1 Å². The van der Waals surface area contributed by atoms with E-state index in [1.807, 2.05) is 0 Å². The van der Waals surface area contributed by atoms with Crippen LogP contribution in [0.2, 0.25) is 0 Å². The van der Waals surface area contributed by atoms with E-state index in [1.165, 1.54) is 26.8 Å². The Morgan fingerprint density at radius 3 is 2.57 bits per heavy atom. The SMILES string of the molecule is [2H]c1cc([N+]#[C-])c(C)c([2H])c1N1C(=O)C(C)(C)N(c2c([2H])c([2H])c(C(=O)NC([2H])([2H])[2H])c([2H])c2[2H])C1=S. The van der Waals surface area contributed by atoms with Crippen molar-refractivity contribution in [3.63, 3.8) is 0 Å². The van der Waals surface area contributed by atoms with E-state index < -0.39 is 59.7 Å². The second-order valence-electron chi connectivity index (χ2n) is 6.38. The fraction of sp³-hybridized carbons (Fsp3) is 0.238. The highest BCUT2D eigenvalue weighted by molar-refractivity contribution is 7.81. The molecule has 28 heavy (non-hydrogen) atoms. The normalized spacial score (nSPS) is 20.6. The molecule has 0 radical (unpaired) electrons. The molecular weight excluding hydrogens is 372 g/mol. The maximum absolute atomic E-state index is 13.5. The monoisotopic (exact) mass is 401 g/mol. The summed E-state index contributed by atoms with van der Waals surface area (Å²) in [7, 11) is 0. The van der Waals surface area contributed by atoms with Crippen LogP contribution >= 0.6 is 12.2 Å². The Balaban J connectivity index is 2.25. The zero-order chi connectivity index (χ0) is 28.4. The smallest absolute Gasteiger partial charge is 0.259 e. The summed E-state index contributed by atoms with van der Waals surface area (Å²) in [6, 6.07) is -2.62. The molecule has 0 saturated carbocycles. The van der Waals surface area contributed by atoms with E-state index in [2.05, 4.69) is 4.85 Å². The molecule has 2 aromatic carbocycles. The summed E-state index contributed by atoms with van der Waals surface area (Å²) < 4.78 is 71.9. The quantitative estimate of drug-likeness (QED) is 0.627. The van der Waals surface area contributed by atoms with E-state index >= 15 is 0 Å². The molecule has 2 aromatic rings. The van der Waals surface area contributed by atoms with E-state index in [1.54, 1.807) is 5.32 Å². The van der Waals surface area contributed by atoms with Gasteiger partial charge in [-0.15, -0.1) is 0 Å². The number of carbonyl (C=O) groups is 2. The van der Waals surface area contributed by atoms with E-state index in [0.29, 0.717) is 0 Å². The van der Waals surface area contributed by atoms with Gasteiger partial charge in [0.05, 0.1) is 14.8 Å². The van der Waals surface area contributed by atoms with Crippen LogP contribution in [0.15, 0.2) is 42.3 Å². The van der Waals surface area contributed by atoms with Gasteiger partial charge in [-0.2, -0.15) is 0 Å². The van der Waals surface area contributed by atoms with Gasteiger partial charge in [0.15, 0.2) is 10.8 Å². The molecule has 3 rings (SSSR count). The number of hydrogen-bond acceptors (Lipinski definition) is 3. The lowest BCUT2D eigenvalue weighted by atomic mass is 10.0. The first-order valence-electron chi connectivity index (χ1n) is 12.5. The number of anilines is 2. The van der Waals surface area contributed by atoms with Gasteiger partial charge in [-0.1, -0.05) is 6.07 Å². The van der Waals surface area contributed by atoms with Crippen molar-refractivity contribution in [2.24, 2.45) is 0 Å². The summed E-state index contributed by atoms with van der Waals surface area (Å²) in [4.78, 5) is 31.2. The lowest BCUT2D eigenvalue weighted by Crippen LogP contribution is -2.44. The zero-order valence-electron chi connectivity index (χ0n) is 24.1. The van der Waals surface area contributed by atoms with Crippen LogP contribution in [0.3, 0.4) is 0 Å². The third-order valence-corrected chi connectivity index (χ3v) is 4.59. The minimum absolute atomic E-state index is 0.0536. The molecule has 2 amide bonds. The molecule has 1 aliphatic heterocycles. The molecule has 6 nitrogen and oxygen atoms in total. The molecule has 0 atom stereocenters. The number of thiocarbonyl (C=S) groups is 1. The Morgan fingerprint density at radius 2 is 1.96 bits per heavy atom. The van der Waals surface area contributed by atoms with Gasteiger partial charge in [-0.3, -0.25) is 14.5 Å². The first-order chi connectivity index (χ1) is 16.9. The Bertz CT molecular complexity index is 1400. The highest BCUT2D eigenvalue weighted by Crippen LogP contribution is 2.37. The van der Waals surface area contributed by atoms with E-state index in [4.69, 9.17) is 31.1 Å². The molecule has 7 heteroatoms. The summed E-state index contributed by atoms with van der Waals surface area (Å²) in [6.07, 6.45) is 0. The number of benzene rings is 2. The second kappa shape index (κ2) is 7.06. The maximum Gasteiger partial charge on any atom is 0.259 e. The van der Waals surface area contributed by atoms with Crippen molar-refractivity contribution in [2.45, 2.75) is 26.3 Å². The van der Waals surface area contributed by atoms with Gasteiger partial charge < -0.3 is 10.2 Å². The number of nitrogens with one attached hydrogen (secondary N) is 1. The summed E-state index contributed by atoms with van der Waals surface area (Å²) in [5.74, 6) is -2.06. The Hall–Kier alpha value is -3.24. The minimum Gasteiger partial charge on any atom is -0.355 e. The molecular formula is C21H20N4O2S. The minimum atomic E-state index is -2.94. The highest BCUT2D eigenvalue weighted by Gasteiger charge is 2.50. The van der Waals surface area contributed by atoms with Crippen molar-refractivity contribution in [1.82, 2.24) is 5.32 Å². The molecule has 1 fully saturated rings. The average Bonchev–Trinajstić information content (AvgIpc) is 2.94. The molecule has 0 spiro atoms. The Morgan fingerprint density at radius 1 is 1.29 bits per heavy atom. The summed E-state index contributed by atoms with van der Waals surface area (Å²) in [5.41, 5.74) is -2.80. The number of carbonyl (C=O) groups excluding carboxylic acids is 2. The number of rotatable bonds is 3. The van der Waals surface area contributed by atoms with Crippen molar-refractivity contribution in [2.75, 3.05) is 16.8 Å². The van der Waals surface area contributed by atoms with Crippen molar-refractivity contribution in [1.29, 1.82) is 0 Å². The van der Waals surface area contributed by atoms with Gasteiger partial charge in [0, 0.05) is 28.0 Å². The standard InChI is InChI=1S/C21H20N4O2S/c1-13-12-16(10-11-17(13)22-4)24-19(27)21(2,3)25(20(24)28)15-8-6-14(7-9-15)18(26)23-5/h6-12H,1-3,5H3,(H,23,26)/i5D3,6D,7D,8D,9D,10D,12D. The topological polar surface area (TPSA) is 57.0 Å². The van der Waals surface area contributed by atoms with E-state index in [9.17, 15) is 9.59 Å². The fourth-order valence-corrected chi connectivity index (χ4v) is 3.21. The molecule has 0 aliphatic carbocycles. The average molecular weight is 402 g/mol. The molecule has 1 heterocycles. The lowest BCUT2D eigenvalue weighted by Gasteiger charge is -2.29. The van der Waals surface area contributed by atoms with Crippen LogP contribution in [0.5, 0.6) is 0 Å². The molecule has 0 bridgehead atoms. The summed E-state index contributed by atoms with van der Waals surface area (Å²) in [6.45, 7) is 8.58. The fourth-order valence-electron chi connectivity index (χ4n) is 2.72. The van der Waals surface area contributed by atoms with E-state index in [-0.39, 0.29) is 34.1 Å². The van der Waals surface area contributed by atoms with Crippen LogP contribution in [-0.2, 0) is 4.79 Å². The van der Waals surface area contributed by atoms with Gasteiger partial charge in [0.1, 0.15) is 5.54 Å². The van der Waals surface area contributed by atoms with Gasteiger partial charge >= 0.3 is 0 Å². The van der Waals surface area contributed by atoms with Crippen LogP contribution in [-0.4, -0.2) is 29.4 Å². The molecule has 1 saturated heterocycles. The number of amides is 2. The summed E-state index contributed by atoms with van der Waals surface area (Å²) in [5, 5.41) is 1.30. The second-order valence-corrected chi connectivity index (χ2v) is 6.74. The Labute approximate surface area is 182 Å². The third-order valence-electron chi connectivity index (χ3n) is 4.22. The molecule has 0 aromatic heterocycles. The largest absolute Gasteiger partial charge is 0.355 e. The van der Waals surface area contributed by atoms with Crippen molar-refractivity contribution in [3.8, 4) is 0 Å². The van der Waals surface area contributed by atoms with Crippen LogP contribution in [0, 0.1) is 13.5 Å². The van der Waals surface area contributed by atoms with Crippen LogP contribution < -0.4 is 15.1 Å². The van der Waals surface area contributed by atoms with Crippen molar-refractivity contribution >= 4 is 46.2 Å². The highest BCUT2D eigenvalue weighted by atomic mass is 32.1. The van der Waals surface area contributed by atoms with Crippen molar-refractivity contribution in [3.05, 3.63) is 64.9 Å². The third kappa shape index (κ3) is 3.02. The molecule has 142 valence electrons. The number of nitrogens with zero attached hydrogens (tertiary/aromatic N) is 3. The predicted octanol–water partition coefficient (Wildman–Crippen LogP) is 3.82. The van der Waals surface area contributed by atoms with Gasteiger partial charge in [-0.25, -0.2) is 4.85 Å². The Kier molecular flexibility index (Phi) is 2.76. The molecule has 0 unspecified atom stereocenters. The van der Waals surface area contributed by atoms with Gasteiger partial charge in [0.25, 0.3) is 11.8 Å². The zero-order valence-corrected chi connectivity index (χ0v) is 16.0.